The summed E-state index contributed by atoms with van der Waals surface area (Å²) >= 11 is 12.2. The molecule has 41 heavy (non-hydrogen) atoms. The van der Waals surface area contributed by atoms with E-state index in [0.717, 1.165) is 43.0 Å². The lowest BCUT2D eigenvalue weighted by Crippen LogP contribution is -2.51. The molecule has 1 fully saturated rings. The molecule has 8 nitrogen and oxygen atoms in total. The molecule has 3 N–H and O–H groups in total. The van der Waals surface area contributed by atoms with Gasteiger partial charge in [-0.15, -0.1) is 0 Å². The van der Waals surface area contributed by atoms with Crippen LogP contribution in [0.2, 0.25) is 10.0 Å². The molecule has 1 amide bonds. The van der Waals surface area contributed by atoms with Crippen molar-refractivity contribution in [1.82, 2.24) is 14.9 Å². The number of aromatic nitrogens is 2. The third-order valence-corrected chi connectivity index (χ3v) is 7.96. The van der Waals surface area contributed by atoms with Crippen molar-refractivity contribution in [2.24, 2.45) is 0 Å². The molecule has 4 aromatic rings. The number of carbonyl (C=O) groups is 1. The first-order valence-corrected chi connectivity index (χ1v) is 14.1. The average molecular weight is 593 g/mol. The topological polar surface area (TPSA) is 90.6 Å². The number of nitrogens with two attached hydrogens (primary N) is 1. The molecule has 11 heteroatoms. The van der Waals surface area contributed by atoms with Crippen LogP contribution in [0.15, 0.2) is 72.9 Å². The number of hydrogen-bond acceptors (Lipinski definition) is 7. The van der Waals surface area contributed by atoms with E-state index in [1.54, 1.807) is 17.2 Å². The van der Waals surface area contributed by atoms with Gasteiger partial charge in [-0.25, -0.2) is 9.37 Å². The molecular weight excluding hydrogens is 564 g/mol. The Morgan fingerprint density at radius 3 is 2.49 bits per heavy atom. The minimum atomic E-state index is -0.838. The number of nitrogens with one attached hydrogen (secondary N) is 1. The van der Waals surface area contributed by atoms with Gasteiger partial charge in [0.05, 0.1) is 12.4 Å². The van der Waals surface area contributed by atoms with Gasteiger partial charge in [0, 0.05) is 65.7 Å². The van der Waals surface area contributed by atoms with Crippen molar-refractivity contribution in [3.8, 4) is 0 Å². The predicted molar refractivity (Wildman–Crippen MR) is 161 cm³/mol. The summed E-state index contributed by atoms with van der Waals surface area (Å²) in [4.78, 5) is 28.7. The van der Waals surface area contributed by atoms with Crippen LogP contribution in [0.5, 0.6) is 0 Å². The van der Waals surface area contributed by atoms with Crippen LogP contribution in [-0.4, -0.2) is 53.6 Å². The van der Waals surface area contributed by atoms with E-state index in [2.05, 4.69) is 25.1 Å². The quantitative estimate of drug-likeness (QED) is 0.298. The van der Waals surface area contributed by atoms with Gasteiger partial charge < -0.3 is 16.0 Å². The van der Waals surface area contributed by atoms with Crippen LogP contribution in [-0.2, 0) is 11.2 Å². The van der Waals surface area contributed by atoms with Crippen molar-refractivity contribution >= 4 is 52.3 Å². The molecule has 0 saturated carbocycles. The molecule has 2 aliphatic rings. The summed E-state index contributed by atoms with van der Waals surface area (Å²) < 4.78 is 14.3. The van der Waals surface area contributed by atoms with Crippen molar-refractivity contribution in [2.75, 3.05) is 53.7 Å². The second kappa shape index (κ2) is 11.5. The molecule has 3 aromatic carbocycles. The molecule has 0 spiro atoms. The fourth-order valence-corrected chi connectivity index (χ4v) is 5.60. The number of rotatable bonds is 7. The number of piperazine rings is 1. The lowest BCUT2D eigenvalue weighted by atomic mass is 10.1. The van der Waals surface area contributed by atoms with E-state index < -0.39 is 11.9 Å². The molecule has 2 aliphatic heterocycles. The van der Waals surface area contributed by atoms with Gasteiger partial charge >= 0.3 is 0 Å². The van der Waals surface area contributed by atoms with Gasteiger partial charge in [0.2, 0.25) is 5.95 Å². The number of carbonyl (C=O) groups excluding carboxylic acids is 1. The summed E-state index contributed by atoms with van der Waals surface area (Å²) in [6.45, 7) is 3.52. The van der Waals surface area contributed by atoms with E-state index in [1.807, 2.05) is 48.5 Å². The van der Waals surface area contributed by atoms with Crippen molar-refractivity contribution < 1.29 is 9.18 Å². The van der Waals surface area contributed by atoms with Gasteiger partial charge in [-0.05, 0) is 54.1 Å². The SMILES string of the molecule is Nc1nc(NC2C(=O)N(CN3CCN(c4cccc(Cl)c4)CC3)c3ccc(F)cc32)ncc1Cc1ccc(Cl)cc1. The number of benzene rings is 3. The highest BCUT2D eigenvalue weighted by Gasteiger charge is 2.39. The van der Waals surface area contributed by atoms with Crippen LogP contribution in [0.4, 0.5) is 27.5 Å². The van der Waals surface area contributed by atoms with Gasteiger partial charge in [-0.2, -0.15) is 4.98 Å². The Balaban J connectivity index is 1.15. The number of anilines is 4. The first-order valence-electron chi connectivity index (χ1n) is 13.3. The van der Waals surface area contributed by atoms with E-state index in [4.69, 9.17) is 28.9 Å². The fourth-order valence-electron chi connectivity index (χ4n) is 5.29. The van der Waals surface area contributed by atoms with E-state index in [-0.39, 0.29) is 11.9 Å². The smallest absolute Gasteiger partial charge is 0.255 e. The van der Waals surface area contributed by atoms with Crippen LogP contribution in [0, 0.1) is 5.82 Å². The molecule has 1 unspecified atom stereocenters. The minimum Gasteiger partial charge on any atom is -0.383 e. The Kier molecular flexibility index (Phi) is 7.66. The standard InChI is InChI=1S/C30H28Cl2FN7O/c31-21-6-4-19(5-7-21)14-20-17-35-30(37-28(20)34)36-27-25-16-23(33)8-9-26(25)40(29(27)41)18-38-10-12-39(13-11-38)24-3-1-2-22(32)15-24/h1-9,15-17,27H,10-14,18H2,(H3,34,35,36,37). The number of nitrogen functional groups attached to an aromatic ring is 1. The molecule has 0 aliphatic carbocycles. The number of amides is 1. The van der Waals surface area contributed by atoms with Crippen LogP contribution >= 0.6 is 23.2 Å². The van der Waals surface area contributed by atoms with Crippen LogP contribution in [0.25, 0.3) is 0 Å². The molecule has 0 bridgehead atoms. The second-order valence-corrected chi connectivity index (χ2v) is 11.1. The normalized spacial score (nSPS) is 17.1. The zero-order valence-corrected chi connectivity index (χ0v) is 23.6. The first-order chi connectivity index (χ1) is 19.8. The summed E-state index contributed by atoms with van der Waals surface area (Å²) in [5.41, 5.74) is 10.3. The number of fused-ring (bicyclic) bond motifs is 1. The van der Waals surface area contributed by atoms with Gasteiger partial charge in [-0.3, -0.25) is 14.6 Å². The van der Waals surface area contributed by atoms with Crippen molar-refractivity contribution in [3.63, 3.8) is 0 Å². The molecule has 1 atom stereocenters. The van der Waals surface area contributed by atoms with Gasteiger partial charge in [0.25, 0.3) is 5.91 Å². The molecule has 1 aromatic heterocycles. The number of halogens is 3. The minimum absolute atomic E-state index is 0.199. The van der Waals surface area contributed by atoms with E-state index in [9.17, 15) is 9.18 Å². The predicted octanol–water partition coefficient (Wildman–Crippen LogP) is 5.38. The average Bonchev–Trinajstić information content (AvgIpc) is 3.21. The van der Waals surface area contributed by atoms with E-state index >= 15 is 0 Å². The van der Waals surface area contributed by atoms with Crippen molar-refractivity contribution in [3.05, 3.63) is 105 Å². The molecule has 1 saturated heterocycles. The molecule has 0 radical (unpaired) electrons. The summed E-state index contributed by atoms with van der Waals surface area (Å²) in [5.74, 6) is -0.112. The molecular formula is C30H28Cl2FN7O. The van der Waals surface area contributed by atoms with Crippen LogP contribution in [0.3, 0.4) is 0 Å². The van der Waals surface area contributed by atoms with Crippen molar-refractivity contribution in [1.29, 1.82) is 0 Å². The van der Waals surface area contributed by atoms with E-state index in [0.29, 0.717) is 40.2 Å². The molecule has 3 heterocycles. The third-order valence-electron chi connectivity index (χ3n) is 7.47. The number of nitrogens with zero attached hydrogens (tertiary/aromatic N) is 5. The Morgan fingerprint density at radius 2 is 1.76 bits per heavy atom. The van der Waals surface area contributed by atoms with Gasteiger partial charge in [0.1, 0.15) is 17.7 Å². The van der Waals surface area contributed by atoms with Crippen LogP contribution < -0.4 is 20.9 Å². The van der Waals surface area contributed by atoms with Gasteiger partial charge in [-0.1, -0.05) is 41.4 Å². The van der Waals surface area contributed by atoms with Crippen LogP contribution in [0.1, 0.15) is 22.7 Å². The largest absolute Gasteiger partial charge is 0.383 e. The zero-order valence-electron chi connectivity index (χ0n) is 22.1. The van der Waals surface area contributed by atoms with Crippen molar-refractivity contribution in [2.45, 2.75) is 12.5 Å². The monoisotopic (exact) mass is 591 g/mol. The van der Waals surface area contributed by atoms with Gasteiger partial charge in [0.15, 0.2) is 0 Å². The Morgan fingerprint density at radius 1 is 0.976 bits per heavy atom. The van der Waals surface area contributed by atoms with E-state index in [1.165, 1.54) is 12.1 Å². The highest BCUT2D eigenvalue weighted by molar-refractivity contribution is 6.31. The number of hydrogen-bond donors (Lipinski definition) is 2. The second-order valence-electron chi connectivity index (χ2n) is 10.2. The highest BCUT2D eigenvalue weighted by Crippen LogP contribution is 2.38. The lowest BCUT2D eigenvalue weighted by molar-refractivity contribution is -0.119. The maximum atomic E-state index is 14.3. The maximum absolute atomic E-state index is 14.3. The third kappa shape index (κ3) is 5.93. The fraction of sp³-hybridized carbons (Fsp3) is 0.233. The first kappa shape index (κ1) is 27.3. The Hall–Kier alpha value is -3.92. The molecule has 210 valence electrons. The summed E-state index contributed by atoms with van der Waals surface area (Å²) in [6.07, 6.45) is 2.18. The Bertz CT molecular complexity index is 1580. The molecule has 6 rings (SSSR count). The summed E-state index contributed by atoms with van der Waals surface area (Å²) in [6, 6.07) is 18.9. The summed E-state index contributed by atoms with van der Waals surface area (Å²) in [7, 11) is 0. The maximum Gasteiger partial charge on any atom is 0.255 e. The Labute approximate surface area is 247 Å². The lowest BCUT2D eigenvalue weighted by Gasteiger charge is -2.38. The highest BCUT2D eigenvalue weighted by atomic mass is 35.5. The summed E-state index contributed by atoms with van der Waals surface area (Å²) in [5, 5.41) is 4.46. The zero-order chi connectivity index (χ0) is 28.5.